The zero-order valence-corrected chi connectivity index (χ0v) is 10.2. The maximum atomic E-state index is 7.74. The van der Waals surface area contributed by atoms with Crippen LogP contribution in [0.15, 0.2) is 43.0 Å². The normalized spacial score (nSPS) is 13.6. The van der Waals surface area contributed by atoms with E-state index in [4.69, 9.17) is 1.37 Å². The van der Waals surface area contributed by atoms with Gasteiger partial charge >= 0.3 is 0 Å². The molecule has 1 aromatic rings. The highest BCUT2D eigenvalue weighted by atomic mass is 28.3. The summed E-state index contributed by atoms with van der Waals surface area (Å²) in [6, 6.07) is 8.86. The molecule has 0 heterocycles. The molecular formula is C13H18Si. The molecule has 0 aliphatic carbocycles. The van der Waals surface area contributed by atoms with Gasteiger partial charge in [0.15, 0.2) is 0 Å². The molecule has 0 nitrogen and oxygen atoms in total. The van der Waals surface area contributed by atoms with Gasteiger partial charge in [-0.2, -0.15) is 0 Å². The number of hydrogen-bond acceptors (Lipinski definition) is 0. The minimum atomic E-state index is -1.21. The molecule has 0 atom stereocenters. The lowest BCUT2D eigenvalue weighted by atomic mass is 10.2. The molecule has 74 valence electrons. The van der Waals surface area contributed by atoms with E-state index < -0.39 is 8.07 Å². The average molecular weight is 203 g/mol. The summed E-state index contributed by atoms with van der Waals surface area (Å²) in [5.41, 5.74) is 0.955. The summed E-state index contributed by atoms with van der Waals surface area (Å²) in [5, 5.41) is 1.43. The first-order valence-electron chi connectivity index (χ1n) is 5.35. The molecule has 0 aromatic heterocycles. The largest absolute Gasteiger partial charge is 0.0991 e. The topological polar surface area (TPSA) is 0 Å². The second-order valence-electron chi connectivity index (χ2n) is 4.37. The lowest BCUT2D eigenvalue weighted by molar-refractivity contribution is 1.65. The Balaban J connectivity index is 3.00. The second-order valence-corrected chi connectivity index (χ2v) is 9.45. The zero-order valence-electron chi connectivity index (χ0n) is 10.2. The van der Waals surface area contributed by atoms with Crippen molar-refractivity contribution in [3.05, 3.63) is 48.6 Å². The van der Waals surface area contributed by atoms with E-state index in [-0.39, 0.29) is 0 Å². The lowest BCUT2D eigenvalue weighted by Gasteiger charge is -2.16. The van der Waals surface area contributed by atoms with Gasteiger partial charge in [0.2, 0.25) is 0 Å². The third kappa shape index (κ3) is 3.00. The Bertz CT molecular complexity index is 369. The average Bonchev–Trinajstić information content (AvgIpc) is 2.17. The fraction of sp³-hybridized carbons (Fsp3) is 0.231. The van der Waals surface area contributed by atoms with Crippen LogP contribution in [0.1, 0.15) is 6.93 Å². The van der Waals surface area contributed by atoms with Crippen molar-refractivity contribution in [3.8, 4) is 0 Å². The lowest BCUT2D eigenvalue weighted by Crippen LogP contribution is -2.37. The first-order chi connectivity index (χ1) is 6.95. The van der Waals surface area contributed by atoms with Crippen LogP contribution in [0.25, 0.3) is 6.05 Å². The summed E-state index contributed by atoms with van der Waals surface area (Å²) in [5.74, 6) is 0. The van der Waals surface area contributed by atoms with Crippen LogP contribution in [-0.4, -0.2) is 8.07 Å². The second kappa shape index (κ2) is 4.42. The van der Waals surface area contributed by atoms with Crippen LogP contribution >= 0.6 is 0 Å². The monoisotopic (exact) mass is 203 g/mol. The van der Waals surface area contributed by atoms with Crippen LogP contribution in [-0.2, 0) is 0 Å². The number of allylic oxidation sites excluding steroid dienone is 2. The van der Waals surface area contributed by atoms with E-state index in [0.29, 0.717) is 6.05 Å². The van der Waals surface area contributed by atoms with E-state index >= 15 is 0 Å². The highest BCUT2D eigenvalue weighted by molar-refractivity contribution is 6.88. The van der Waals surface area contributed by atoms with Crippen molar-refractivity contribution in [1.82, 2.24) is 0 Å². The van der Waals surface area contributed by atoms with Gasteiger partial charge in [-0.05, 0) is 5.56 Å². The molecule has 0 unspecified atom stereocenters. The fourth-order valence-electron chi connectivity index (χ4n) is 1.22. The van der Waals surface area contributed by atoms with Gasteiger partial charge in [0.1, 0.15) is 0 Å². The molecule has 0 spiro atoms. The van der Waals surface area contributed by atoms with E-state index in [1.165, 1.54) is 5.19 Å². The van der Waals surface area contributed by atoms with Crippen molar-refractivity contribution in [2.75, 3.05) is 0 Å². The van der Waals surface area contributed by atoms with E-state index in [1.807, 2.05) is 12.1 Å². The van der Waals surface area contributed by atoms with Crippen LogP contribution in [0.2, 0.25) is 19.6 Å². The highest BCUT2D eigenvalue weighted by Gasteiger charge is 2.14. The molecule has 1 aromatic carbocycles. The Morgan fingerprint density at radius 3 is 2.21 bits per heavy atom. The molecular weight excluding hydrogens is 184 g/mol. The van der Waals surface area contributed by atoms with Gasteiger partial charge < -0.3 is 0 Å². The van der Waals surface area contributed by atoms with E-state index in [1.54, 1.807) is 12.2 Å². The highest BCUT2D eigenvalue weighted by Crippen LogP contribution is 2.05. The minimum Gasteiger partial charge on any atom is -0.0991 e. The summed E-state index contributed by atoms with van der Waals surface area (Å²) in [4.78, 5) is 0. The first kappa shape index (κ1) is 9.47. The molecule has 0 saturated heterocycles. The van der Waals surface area contributed by atoms with Crippen LogP contribution < -0.4 is 5.19 Å². The quantitative estimate of drug-likeness (QED) is 0.521. The summed E-state index contributed by atoms with van der Waals surface area (Å²) >= 11 is 0. The standard InChI is InChI=1S/C13H18Si/c1-5-6-7-12-8-10-13(11-9-12)14(2,3)4/h5-11H,1H2,2-4H3/b7-6+/i7D. The maximum absolute atomic E-state index is 7.74. The van der Waals surface area contributed by atoms with Crippen molar-refractivity contribution in [3.63, 3.8) is 0 Å². The Hall–Kier alpha value is -1.08. The Kier molecular flexibility index (Phi) is 2.99. The summed E-state index contributed by atoms with van der Waals surface area (Å²) < 4.78 is 7.74. The molecule has 0 radical (unpaired) electrons. The maximum Gasteiger partial charge on any atom is 0.0775 e. The van der Waals surface area contributed by atoms with Crippen molar-refractivity contribution in [1.29, 1.82) is 0 Å². The molecule has 0 bridgehead atoms. The molecule has 0 fully saturated rings. The van der Waals surface area contributed by atoms with Gasteiger partial charge in [0.25, 0.3) is 0 Å². The minimum absolute atomic E-state index is 0.520. The SMILES string of the molecule is [2H]/C(=C\C=C)c1ccc([Si](C)(C)C)cc1. The Morgan fingerprint density at radius 1 is 1.21 bits per heavy atom. The van der Waals surface area contributed by atoms with Gasteiger partial charge in [0.05, 0.1) is 9.44 Å². The van der Waals surface area contributed by atoms with Gasteiger partial charge in [-0.15, -0.1) is 0 Å². The Labute approximate surface area is 89.4 Å². The molecule has 0 N–H and O–H groups in total. The number of hydrogen-bond donors (Lipinski definition) is 0. The molecule has 0 aliphatic heterocycles. The van der Waals surface area contributed by atoms with E-state index in [0.717, 1.165) is 5.56 Å². The first-order valence-corrected chi connectivity index (χ1v) is 8.35. The van der Waals surface area contributed by atoms with Crippen LogP contribution in [0.5, 0.6) is 0 Å². The predicted octanol–water partition coefficient (Wildman–Crippen LogP) is 3.43. The number of benzene rings is 1. The fourth-order valence-corrected chi connectivity index (χ4v) is 2.39. The Morgan fingerprint density at radius 2 is 1.79 bits per heavy atom. The number of rotatable bonds is 3. The molecule has 1 heteroatoms. The molecule has 1 rings (SSSR count). The molecule has 0 saturated carbocycles. The molecule has 14 heavy (non-hydrogen) atoms. The van der Waals surface area contributed by atoms with Gasteiger partial charge in [-0.3, -0.25) is 0 Å². The van der Waals surface area contributed by atoms with Crippen LogP contribution in [0.3, 0.4) is 0 Å². The van der Waals surface area contributed by atoms with E-state index in [2.05, 4.69) is 38.4 Å². The molecule has 0 aliphatic rings. The molecule has 0 amide bonds. The van der Waals surface area contributed by atoms with Crippen molar-refractivity contribution >= 4 is 19.3 Å². The summed E-state index contributed by atoms with van der Waals surface area (Å²) in [6.07, 6.45) is 3.36. The zero-order chi connectivity index (χ0) is 11.5. The predicted molar refractivity (Wildman–Crippen MR) is 68.7 cm³/mol. The van der Waals surface area contributed by atoms with Crippen LogP contribution in [0.4, 0.5) is 0 Å². The van der Waals surface area contributed by atoms with Crippen molar-refractivity contribution < 1.29 is 1.37 Å². The third-order valence-corrected chi connectivity index (χ3v) is 4.18. The van der Waals surface area contributed by atoms with E-state index in [9.17, 15) is 0 Å². The third-order valence-electron chi connectivity index (χ3n) is 2.12. The van der Waals surface area contributed by atoms with Crippen LogP contribution in [0, 0.1) is 0 Å². The van der Waals surface area contributed by atoms with Gasteiger partial charge in [-0.1, -0.05) is 73.9 Å². The summed E-state index contributed by atoms with van der Waals surface area (Å²) in [6.45, 7) is 10.6. The van der Waals surface area contributed by atoms with Crippen molar-refractivity contribution in [2.24, 2.45) is 0 Å². The smallest absolute Gasteiger partial charge is 0.0775 e. The summed E-state index contributed by atoms with van der Waals surface area (Å²) in [7, 11) is -1.21. The van der Waals surface area contributed by atoms with Gasteiger partial charge in [0, 0.05) is 0 Å². The van der Waals surface area contributed by atoms with Crippen molar-refractivity contribution in [2.45, 2.75) is 19.6 Å². The van der Waals surface area contributed by atoms with Gasteiger partial charge in [-0.25, -0.2) is 0 Å².